The van der Waals surface area contributed by atoms with Crippen LogP contribution in [0, 0.1) is 5.41 Å². The molecule has 2 fully saturated rings. The number of nitrogens with one attached hydrogen (secondary N) is 2. The summed E-state index contributed by atoms with van der Waals surface area (Å²) in [5.74, 6) is -3.67. The molecule has 1 unspecified atom stereocenters. The molecule has 5 rings (SSSR count). The van der Waals surface area contributed by atoms with Gasteiger partial charge in [-0.1, -0.05) is 56.3 Å². The number of hydrogen-bond donors (Lipinski definition) is 6. The number of piperazine rings is 2. The number of carboxylic acids is 1. The molecule has 2 saturated heterocycles. The second-order valence-electron chi connectivity index (χ2n) is 16.8. The summed E-state index contributed by atoms with van der Waals surface area (Å²) >= 11 is -1.44. The topological polar surface area (TPSA) is 260 Å². The molecular formula is C44H58N8O11S. The standard InChI is InChI=1S/C44H58N8O11S/c1-28(2)32-25-33(35(54)26-34(32)53)40(45)52(42(46)59)31-13-11-29(12-14-31)27-48-17-21-50(22-18-48)64(61)51-23-19-49(20-24-51)36(55)15-16-37(56)62-39(41(57)58)38(30-9-7-6-8-10-30)47-43(60)63-44(3,4)5/h6-14,25-26,28,38-39,45,53-54H,15-24,27H2,1-5H3,(H2,46,59)(H,47,60)(H,57,58)/t38-,39+,64?/m0/s1. The van der Waals surface area contributed by atoms with Crippen molar-refractivity contribution in [2.75, 3.05) is 57.3 Å². The molecule has 0 radical (unpaired) electrons. The number of amidine groups is 1. The molecule has 19 nitrogen and oxygen atoms in total. The number of urea groups is 1. The number of benzene rings is 3. The molecule has 0 spiro atoms. The minimum Gasteiger partial charge on any atom is -0.508 e. The number of ether oxygens (including phenoxy) is 2. The van der Waals surface area contributed by atoms with E-state index in [-0.39, 0.29) is 60.7 Å². The predicted octanol–water partition coefficient (Wildman–Crippen LogP) is 4.01. The van der Waals surface area contributed by atoms with Crippen molar-refractivity contribution in [3.05, 3.63) is 89.0 Å². The van der Waals surface area contributed by atoms with E-state index in [1.165, 1.54) is 6.07 Å². The Morgan fingerprint density at radius 3 is 2.00 bits per heavy atom. The maximum Gasteiger partial charge on any atom is 0.408 e. The molecule has 0 saturated carbocycles. The number of carboxylic acid groups (broad SMARTS) is 1. The maximum absolute atomic E-state index is 13.6. The Morgan fingerprint density at radius 2 is 1.45 bits per heavy atom. The van der Waals surface area contributed by atoms with Crippen molar-refractivity contribution >= 4 is 52.7 Å². The number of primary amides is 1. The summed E-state index contributed by atoms with van der Waals surface area (Å²) in [4.78, 5) is 68.3. The van der Waals surface area contributed by atoms with Gasteiger partial charge in [-0.3, -0.25) is 19.9 Å². The lowest BCUT2D eigenvalue weighted by atomic mass is 9.98. The van der Waals surface area contributed by atoms with Crippen LogP contribution in [0.4, 0.5) is 15.3 Å². The monoisotopic (exact) mass is 906 g/mol. The zero-order valence-electron chi connectivity index (χ0n) is 36.7. The molecule has 4 amide bonds. The van der Waals surface area contributed by atoms with Crippen molar-refractivity contribution in [3.8, 4) is 11.5 Å². The van der Waals surface area contributed by atoms with Crippen molar-refractivity contribution in [2.45, 2.75) is 77.7 Å². The summed E-state index contributed by atoms with van der Waals surface area (Å²) in [5.41, 5.74) is 7.01. The summed E-state index contributed by atoms with van der Waals surface area (Å²) in [5, 5.41) is 42.0. The molecule has 2 aliphatic rings. The molecule has 346 valence electrons. The number of carbonyl (C=O) groups excluding carboxylic acids is 4. The predicted molar refractivity (Wildman–Crippen MR) is 238 cm³/mol. The number of aromatic hydroxyl groups is 2. The second-order valence-corrected chi connectivity index (χ2v) is 18.3. The number of nitrogens with zero attached hydrogens (tertiary/aromatic N) is 5. The van der Waals surface area contributed by atoms with Crippen LogP contribution in [-0.4, -0.2) is 138 Å². The van der Waals surface area contributed by atoms with Crippen molar-refractivity contribution in [1.82, 2.24) is 23.7 Å². The zero-order chi connectivity index (χ0) is 46.9. The minimum absolute atomic E-state index is 0.0469. The molecule has 3 aromatic carbocycles. The first-order chi connectivity index (χ1) is 30.2. The molecule has 0 aromatic heterocycles. The van der Waals surface area contributed by atoms with Crippen LogP contribution in [0.25, 0.3) is 0 Å². The normalized spacial score (nSPS) is 16.6. The van der Waals surface area contributed by atoms with E-state index >= 15 is 0 Å². The van der Waals surface area contributed by atoms with Crippen LogP contribution in [-0.2, 0) is 41.6 Å². The average molecular weight is 907 g/mol. The van der Waals surface area contributed by atoms with Crippen LogP contribution in [0.2, 0.25) is 0 Å². The number of phenolic OH excluding ortho intramolecular Hbond substituents is 2. The van der Waals surface area contributed by atoms with Gasteiger partial charge in [-0.05, 0) is 61.6 Å². The Bertz CT molecular complexity index is 2190. The number of aliphatic carboxylic acids is 1. The third-order valence-corrected chi connectivity index (χ3v) is 12.2. The number of nitrogens with two attached hydrogens (primary N) is 1. The Balaban J connectivity index is 1.07. The van der Waals surface area contributed by atoms with E-state index in [0.29, 0.717) is 62.6 Å². The summed E-state index contributed by atoms with van der Waals surface area (Å²) in [7, 11) is 0. The molecule has 2 aliphatic heterocycles. The van der Waals surface area contributed by atoms with Crippen LogP contribution in [0.15, 0.2) is 66.7 Å². The Morgan fingerprint density at radius 1 is 0.859 bits per heavy atom. The van der Waals surface area contributed by atoms with Gasteiger partial charge in [0, 0.05) is 71.4 Å². The summed E-state index contributed by atoms with van der Waals surface area (Å²) < 4.78 is 27.9. The van der Waals surface area contributed by atoms with Gasteiger partial charge in [0.05, 0.1) is 17.7 Å². The number of carbonyl (C=O) groups is 5. The number of hydrogen-bond acceptors (Lipinski definition) is 12. The van der Waals surface area contributed by atoms with Crippen LogP contribution in [0.1, 0.15) is 81.7 Å². The van der Waals surface area contributed by atoms with Gasteiger partial charge in [0.25, 0.3) is 0 Å². The van der Waals surface area contributed by atoms with E-state index in [9.17, 15) is 43.5 Å². The molecule has 3 aromatic rings. The minimum atomic E-state index is -1.80. The quantitative estimate of drug-likeness (QED) is 0.0718. The highest BCUT2D eigenvalue weighted by Gasteiger charge is 2.36. The van der Waals surface area contributed by atoms with Crippen molar-refractivity contribution in [1.29, 1.82) is 5.41 Å². The summed E-state index contributed by atoms with van der Waals surface area (Å²) in [6.45, 7) is 12.8. The number of esters is 1. The first-order valence-corrected chi connectivity index (χ1v) is 22.0. The lowest BCUT2D eigenvalue weighted by Crippen LogP contribution is -2.55. The molecule has 2 heterocycles. The fourth-order valence-corrected chi connectivity index (χ4v) is 8.58. The number of anilines is 1. The molecule has 0 aliphatic carbocycles. The van der Waals surface area contributed by atoms with Gasteiger partial charge in [-0.2, -0.15) is 0 Å². The lowest BCUT2D eigenvalue weighted by Gasteiger charge is -2.39. The van der Waals surface area contributed by atoms with Crippen molar-refractivity contribution in [3.63, 3.8) is 0 Å². The van der Waals surface area contributed by atoms with Gasteiger partial charge in [-0.15, -0.1) is 0 Å². The van der Waals surface area contributed by atoms with E-state index in [4.69, 9.17) is 20.6 Å². The van der Waals surface area contributed by atoms with Crippen LogP contribution in [0.3, 0.4) is 0 Å². The van der Waals surface area contributed by atoms with Gasteiger partial charge < -0.3 is 40.7 Å². The molecular weight excluding hydrogens is 849 g/mol. The highest BCUT2D eigenvalue weighted by atomic mass is 32.2. The highest BCUT2D eigenvalue weighted by Crippen LogP contribution is 2.34. The largest absolute Gasteiger partial charge is 0.508 e. The Kier molecular flexibility index (Phi) is 16.5. The number of phenols is 2. The third kappa shape index (κ3) is 13.0. The number of amides is 4. The molecule has 20 heteroatoms. The second kappa shape index (κ2) is 21.5. The van der Waals surface area contributed by atoms with Gasteiger partial charge in [0.2, 0.25) is 12.0 Å². The van der Waals surface area contributed by atoms with E-state index in [1.54, 1.807) is 72.4 Å². The van der Waals surface area contributed by atoms with Gasteiger partial charge >= 0.3 is 24.1 Å². The molecule has 0 bridgehead atoms. The van der Waals surface area contributed by atoms with Crippen molar-refractivity contribution < 1.29 is 53.0 Å². The Hall–Kier alpha value is -6.09. The van der Waals surface area contributed by atoms with Gasteiger partial charge in [0.1, 0.15) is 29.0 Å². The van der Waals surface area contributed by atoms with E-state index in [1.807, 2.05) is 30.3 Å². The van der Waals surface area contributed by atoms with E-state index in [2.05, 4.69) is 10.2 Å². The first-order valence-electron chi connectivity index (χ1n) is 20.9. The highest BCUT2D eigenvalue weighted by molar-refractivity contribution is 7.80. The summed E-state index contributed by atoms with van der Waals surface area (Å²) in [6, 6.07) is 15.6. The van der Waals surface area contributed by atoms with Gasteiger partial charge in [-0.25, -0.2) is 32.1 Å². The van der Waals surface area contributed by atoms with Crippen LogP contribution >= 0.6 is 0 Å². The zero-order valence-corrected chi connectivity index (χ0v) is 37.5. The van der Waals surface area contributed by atoms with E-state index in [0.717, 1.165) is 16.5 Å². The molecule has 7 N–H and O–H groups in total. The Labute approximate surface area is 374 Å². The summed E-state index contributed by atoms with van der Waals surface area (Å²) in [6.07, 6.45) is -3.32. The number of rotatable bonds is 15. The van der Waals surface area contributed by atoms with Crippen LogP contribution in [0.5, 0.6) is 11.5 Å². The SMILES string of the molecule is CC(C)c1cc(C(=N)N(C(N)=O)c2ccc(CN3CCN(S(=O)N4CCN(C(=O)CCC(=O)O[C@@H](C(=O)O)[C@@H](NC(=O)OC(C)(C)C)c5ccccc5)CC4)CC3)cc2)c(O)cc1O. The first kappa shape index (κ1) is 48.9. The number of alkyl carbamates (subject to hydrolysis) is 1. The maximum atomic E-state index is 13.6. The fourth-order valence-electron chi connectivity index (χ4n) is 7.30. The lowest BCUT2D eigenvalue weighted by molar-refractivity contribution is -0.166. The molecule has 3 atom stereocenters. The molecule has 64 heavy (non-hydrogen) atoms. The van der Waals surface area contributed by atoms with Crippen LogP contribution < -0.4 is 16.0 Å². The van der Waals surface area contributed by atoms with Gasteiger partial charge in [0.15, 0.2) is 11.2 Å². The van der Waals surface area contributed by atoms with Crippen molar-refractivity contribution in [2.24, 2.45) is 5.73 Å². The average Bonchev–Trinajstić information content (AvgIpc) is 3.24. The third-order valence-electron chi connectivity index (χ3n) is 10.6. The fraction of sp³-hybridized carbons (Fsp3) is 0.455. The van der Waals surface area contributed by atoms with E-state index < -0.39 is 53.0 Å². The smallest absolute Gasteiger partial charge is 0.408 e.